The Bertz CT molecular complexity index is 812. The number of fused-ring (bicyclic) bond motifs is 1. The Morgan fingerprint density at radius 2 is 1.59 bits per heavy atom. The van der Waals surface area contributed by atoms with Crippen LogP contribution >= 0.6 is 0 Å². The number of hydrogen-bond donors (Lipinski definition) is 1. The Labute approximate surface area is 155 Å². The van der Waals surface area contributed by atoms with Crippen molar-refractivity contribution in [2.45, 2.75) is 25.8 Å². The molecular formula is C18H19N3O6. The minimum absolute atomic E-state index is 0.0613. The average Bonchev–Trinajstić information content (AvgIpc) is 2.97. The zero-order valence-corrected chi connectivity index (χ0v) is 15.0. The second-order valence-corrected chi connectivity index (χ2v) is 6.79. The number of ether oxygens (including phenoxy) is 1. The Morgan fingerprint density at radius 3 is 2.11 bits per heavy atom. The second-order valence-electron chi connectivity index (χ2n) is 6.79. The lowest BCUT2D eigenvalue weighted by molar-refractivity contribution is -0.144. The van der Waals surface area contributed by atoms with E-state index in [1.165, 1.54) is 0 Å². The summed E-state index contributed by atoms with van der Waals surface area (Å²) >= 11 is 0. The number of hydrogen-bond acceptors (Lipinski definition) is 6. The summed E-state index contributed by atoms with van der Waals surface area (Å²) in [7, 11) is 0. The molecule has 1 N–H and O–H groups in total. The number of amides is 5. The Hall–Kier alpha value is -3.23. The smallest absolute Gasteiger partial charge is 0.325 e. The molecule has 0 aromatic heterocycles. The first kappa shape index (κ1) is 18.6. The maximum absolute atomic E-state index is 12.2. The quantitative estimate of drug-likeness (QED) is 0.443. The maximum atomic E-state index is 12.2. The average molecular weight is 373 g/mol. The van der Waals surface area contributed by atoms with Gasteiger partial charge in [0.05, 0.1) is 24.1 Å². The molecule has 9 nitrogen and oxygen atoms in total. The number of carbonyl (C=O) groups is 5. The van der Waals surface area contributed by atoms with Crippen LogP contribution < -0.4 is 5.32 Å². The maximum Gasteiger partial charge on any atom is 0.325 e. The monoisotopic (exact) mass is 373 g/mol. The van der Waals surface area contributed by atoms with Crippen LogP contribution in [-0.2, 0) is 14.3 Å². The van der Waals surface area contributed by atoms with Gasteiger partial charge in [0.25, 0.3) is 17.7 Å². The van der Waals surface area contributed by atoms with E-state index in [0.717, 1.165) is 9.80 Å². The van der Waals surface area contributed by atoms with E-state index < -0.39 is 35.3 Å². The molecular weight excluding hydrogens is 354 g/mol. The minimum Gasteiger partial charge on any atom is -0.464 e. The zero-order valence-electron chi connectivity index (χ0n) is 15.0. The minimum atomic E-state index is -0.994. The van der Waals surface area contributed by atoms with Crippen molar-refractivity contribution >= 4 is 29.7 Å². The molecule has 5 amide bonds. The molecule has 0 saturated carbocycles. The summed E-state index contributed by atoms with van der Waals surface area (Å²) in [6.07, 6.45) is -0.169. The van der Waals surface area contributed by atoms with Crippen molar-refractivity contribution in [3.05, 3.63) is 35.4 Å². The molecule has 2 heterocycles. The standard InChI is InChI=1S/C18H19N3O6/c1-18(2)16(25)21(17(26)19-18)8-7-13(22)27-10-9-20-14(23)11-5-3-4-6-12(11)15(20)24/h3-6H,7-10H2,1-2H3,(H,19,26). The van der Waals surface area contributed by atoms with E-state index in [-0.39, 0.29) is 26.1 Å². The van der Waals surface area contributed by atoms with Gasteiger partial charge in [0.2, 0.25) is 0 Å². The van der Waals surface area contributed by atoms with Crippen molar-refractivity contribution in [1.29, 1.82) is 0 Å². The molecule has 9 heteroatoms. The number of nitrogens with one attached hydrogen (secondary N) is 1. The lowest BCUT2D eigenvalue weighted by Gasteiger charge is -2.16. The number of esters is 1. The van der Waals surface area contributed by atoms with Crippen LogP contribution in [0.15, 0.2) is 24.3 Å². The van der Waals surface area contributed by atoms with Gasteiger partial charge >= 0.3 is 12.0 Å². The topological polar surface area (TPSA) is 113 Å². The summed E-state index contributed by atoms with van der Waals surface area (Å²) < 4.78 is 5.03. The fourth-order valence-electron chi connectivity index (χ4n) is 2.99. The lowest BCUT2D eigenvalue weighted by atomic mass is 10.1. The molecule has 1 saturated heterocycles. The van der Waals surface area contributed by atoms with Gasteiger partial charge in [0.15, 0.2) is 0 Å². The third kappa shape index (κ3) is 3.40. The van der Waals surface area contributed by atoms with Crippen LogP contribution in [0.25, 0.3) is 0 Å². The van der Waals surface area contributed by atoms with Crippen molar-refractivity contribution in [2.75, 3.05) is 19.7 Å². The van der Waals surface area contributed by atoms with Gasteiger partial charge in [-0.15, -0.1) is 0 Å². The van der Waals surface area contributed by atoms with Crippen molar-refractivity contribution in [1.82, 2.24) is 15.1 Å². The lowest BCUT2D eigenvalue weighted by Crippen LogP contribution is -2.40. The zero-order chi connectivity index (χ0) is 19.8. The van der Waals surface area contributed by atoms with Gasteiger partial charge in [-0.2, -0.15) is 0 Å². The van der Waals surface area contributed by atoms with Crippen molar-refractivity contribution in [3.63, 3.8) is 0 Å². The van der Waals surface area contributed by atoms with Crippen molar-refractivity contribution in [2.24, 2.45) is 0 Å². The fourth-order valence-corrected chi connectivity index (χ4v) is 2.99. The Morgan fingerprint density at radius 1 is 1.00 bits per heavy atom. The van der Waals surface area contributed by atoms with E-state index in [0.29, 0.717) is 11.1 Å². The van der Waals surface area contributed by atoms with Gasteiger partial charge in [0, 0.05) is 6.54 Å². The van der Waals surface area contributed by atoms with Crippen LogP contribution in [-0.4, -0.2) is 64.8 Å². The highest BCUT2D eigenvalue weighted by Gasteiger charge is 2.44. The first-order valence-corrected chi connectivity index (χ1v) is 8.47. The van der Waals surface area contributed by atoms with Crippen LogP contribution in [0.5, 0.6) is 0 Å². The molecule has 1 aromatic rings. The van der Waals surface area contributed by atoms with E-state index in [1.54, 1.807) is 38.1 Å². The summed E-state index contributed by atoms with van der Waals surface area (Å²) in [6.45, 7) is 2.84. The summed E-state index contributed by atoms with van der Waals surface area (Å²) in [5.41, 5.74) is -0.336. The SMILES string of the molecule is CC1(C)NC(=O)N(CCC(=O)OCCN2C(=O)c3ccccc3C2=O)C1=O. The first-order valence-electron chi connectivity index (χ1n) is 8.47. The first-order chi connectivity index (χ1) is 12.7. The molecule has 0 spiro atoms. The Kier molecular flexibility index (Phi) is 4.69. The molecule has 1 aromatic carbocycles. The van der Waals surface area contributed by atoms with Gasteiger partial charge in [-0.3, -0.25) is 29.0 Å². The molecule has 0 aliphatic carbocycles. The van der Waals surface area contributed by atoms with E-state index in [9.17, 15) is 24.0 Å². The molecule has 0 bridgehead atoms. The van der Waals surface area contributed by atoms with Crippen molar-refractivity contribution in [3.8, 4) is 0 Å². The van der Waals surface area contributed by atoms with Gasteiger partial charge in [0.1, 0.15) is 12.1 Å². The van der Waals surface area contributed by atoms with E-state index in [4.69, 9.17) is 4.74 Å². The van der Waals surface area contributed by atoms with E-state index in [2.05, 4.69) is 5.32 Å². The second kappa shape index (κ2) is 6.82. The van der Waals surface area contributed by atoms with Gasteiger partial charge in [-0.05, 0) is 26.0 Å². The summed E-state index contributed by atoms with van der Waals surface area (Å²) in [4.78, 5) is 62.0. The number of nitrogens with zero attached hydrogens (tertiary/aromatic N) is 2. The third-order valence-corrected chi connectivity index (χ3v) is 4.44. The normalized spacial score (nSPS) is 18.0. The molecule has 0 radical (unpaired) electrons. The predicted molar refractivity (Wildman–Crippen MR) is 91.7 cm³/mol. The molecule has 2 aliphatic rings. The number of carbonyl (C=O) groups excluding carboxylic acids is 5. The van der Waals surface area contributed by atoms with E-state index in [1.807, 2.05) is 0 Å². The highest BCUT2D eigenvalue weighted by Crippen LogP contribution is 2.22. The highest BCUT2D eigenvalue weighted by molar-refractivity contribution is 6.21. The van der Waals surface area contributed by atoms with Crippen LogP contribution in [0.4, 0.5) is 4.79 Å². The molecule has 0 unspecified atom stereocenters. The number of imide groups is 2. The van der Waals surface area contributed by atoms with Crippen LogP contribution in [0.3, 0.4) is 0 Å². The van der Waals surface area contributed by atoms with Gasteiger partial charge in [-0.1, -0.05) is 12.1 Å². The summed E-state index contributed by atoms with van der Waals surface area (Å²) in [5, 5.41) is 2.52. The third-order valence-electron chi connectivity index (χ3n) is 4.44. The molecule has 1 fully saturated rings. The van der Waals surface area contributed by atoms with Gasteiger partial charge in [-0.25, -0.2) is 4.79 Å². The summed E-state index contributed by atoms with van der Waals surface area (Å²) in [6, 6.07) is 5.93. The number of urea groups is 1. The molecule has 0 atom stereocenters. The number of rotatable bonds is 6. The van der Waals surface area contributed by atoms with Crippen LogP contribution in [0.2, 0.25) is 0 Å². The number of benzene rings is 1. The van der Waals surface area contributed by atoms with Crippen LogP contribution in [0, 0.1) is 0 Å². The van der Waals surface area contributed by atoms with Crippen LogP contribution in [0.1, 0.15) is 41.0 Å². The highest BCUT2D eigenvalue weighted by atomic mass is 16.5. The summed E-state index contributed by atoms with van der Waals surface area (Å²) in [5.74, 6) is -1.88. The molecule has 142 valence electrons. The fraction of sp³-hybridized carbons (Fsp3) is 0.389. The molecule has 2 aliphatic heterocycles. The Balaban J connectivity index is 1.46. The van der Waals surface area contributed by atoms with Crippen molar-refractivity contribution < 1.29 is 28.7 Å². The predicted octanol–water partition coefficient (Wildman–Crippen LogP) is 0.546. The largest absolute Gasteiger partial charge is 0.464 e. The molecule has 3 rings (SSSR count). The molecule has 27 heavy (non-hydrogen) atoms. The van der Waals surface area contributed by atoms with Gasteiger partial charge < -0.3 is 10.1 Å². The van der Waals surface area contributed by atoms with E-state index >= 15 is 0 Å².